The lowest BCUT2D eigenvalue weighted by atomic mass is 10.3. The number of hydrogen-bond donors (Lipinski definition) is 1. The third kappa shape index (κ3) is 3.08. The maximum atomic E-state index is 10.9. The van der Waals surface area contributed by atoms with Gasteiger partial charge in [0.05, 0.1) is 0 Å². The average Bonchev–Trinajstić information content (AvgIpc) is 2.68. The molecular formula is C12H12N2O2S2. The Morgan fingerprint density at radius 2 is 2.28 bits per heavy atom. The number of thiophene rings is 1. The van der Waals surface area contributed by atoms with Crippen molar-refractivity contribution >= 4 is 29.1 Å². The molecule has 4 nitrogen and oxygen atoms in total. The maximum Gasteiger partial charge on any atom is 0.345 e. The molecule has 0 bridgehead atoms. The van der Waals surface area contributed by atoms with Crippen LogP contribution in [0.1, 0.15) is 25.8 Å². The molecule has 0 aliphatic heterocycles. The first kappa shape index (κ1) is 13.0. The molecule has 0 spiro atoms. The van der Waals surface area contributed by atoms with E-state index in [-0.39, 0.29) is 0 Å². The maximum absolute atomic E-state index is 10.9. The fourth-order valence-corrected chi connectivity index (χ4v) is 3.31. The molecule has 1 N–H and O–H groups in total. The Bertz CT molecular complexity index is 581. The molecule has 0 atom stereocenters. The van der Waals surface area contributed by atoms with Gasteiger partial charge in [0, 0.05) is 22.5 Å². The van der Waals surface area contributed by atoms with E-state index < -0.39 is 5.97 Å². The first-order valence-electron chi connectivity index (χ1n) is 5.31. The van der Waals surface area contributed by atoms with Gasteiger partial charge in [0.1, 0.15) is 4.88 Å². The number of hydrogen-bond acceptors (Lipinski definition) is 5. The highest BCUT2D eigenvalue weighted by Crippen LogP contribution is 2.27. The van der Waals surface area contributed by atoms with Crippen LogP contribution in [0.3, 0.4) is 0 Å². The van der Waals surface area contributed by atoms with Crippen molar-refractivity contribution in [3.05, 3.63) is 39.3 Å². The van der Waals surface area contributed by atoms with Gasteiger partial charge in [-0.1, -0.05) is 11.8 Å². The van der Waals surface area contributed by atoms with Crippen LogP contribution in [0.25, 0.3) is 0 Å². The van der Waals surface area contributed by atoms with Gasteiger partial charge in [0.2, 0.25) is 0 Å². The molecule has 18 heavy (non-hydrogen) atoms. The zero-order valence-electron chi connectivity index (χ0n) is 10.0. The molecule has 0 saturated carbocycles. The predicted octanol–water partition coefficient (Wildman–Crippen LogP) is 3.15. The van der Waals surface area contributed by atoms with Crippen LogP contribution in [0.5, 0.6) is 0 Å². The number of carboxylic acid groups (broad SMARTS) is 1. The number of aromatic nitrogens is 2. The quantitative estimate of drug-likeness (QED) is 0.688. The van der Waals surface area contributed by atoms with Gasteiger partial charge < -0.3 is 5.11 Å². The Hall–Kier alpha value is -1.40. The molecule has 2 heterocycles. The number of carbonyl (C=O) groups is 1. The number of carboxylic acids is 1. The summed E-state index contributed by atoms with van der Waals surface area (Å²) < 4.78 is 0. The minimum absolute atomic E-state index is 0.383. The van der Waals surface area contributed by atoms with Gasteiger partial charge in [0.25, 0.3) is 0 Å². The lowest BCUT2D eigenvalue weighted by Crippen LogP contribution is -1.91. The highest BCUT2D eigenvalue weighted by atomic mass is 32.2. The van der Waals surface area contributed by atoms with Crippen LogP contribution in [-0.2, 0) is 5.75 Å². The second-order valence-corrected chi connectivity index (χ2v) is 5.97. The summed E-state index contributed by atoms with van der Waals surface area (Å²) in [6.45, 7) is 3.86. The summed E-state index contributed by atoms with van der Waals surface area (Å²) in [6, 6.07) is 3.58. The molecular weight excluding hydrogens is 268 g/mol. The van der Waals surface area contributed by atoms with Crippen molar-refractivity contribution in [1.29, 1.82) is 0 Å². The first-order valence-corrected chi connectivity index (χ1v) is 7.11. The Morgan fingerprint density at radius 3 is 2.89 bits per heavy atom. The van der Waals surface area contributed by atoms with E-state index in [1.807, 2.05) is 19.9 Å². The number of thioether (sulfide) groups is 1. The summed E-state index contributed by atoms with van der Waals surface area (Å²) in [7, 11) is 0. The van der Waals surface area contributed by atoms with E-state index in [9.17, 15) is 4.79 Å². The highest BCUT2D eigenvalue weighted by Gasteiger charge is 2.11. The van der Waals surface area contributed by atoms with Crippen molar-refractivity contribution in [3.63, 3.8) is 0 Å². The van der Waals surface area contributed by atoms with E-state index in [1.54, 1.807) is 12.3 Å². The molecule has 0 saturated heterocycles. The summed E-state index contributed by atoms with van der Waals surface area (Å²) in [5.74, 6) is -0.176. The number of aromatic carboxylic acids is 1. The standard InChI is InChI=1S/C12H12N2O2S2/c1-7-3-4-13-12(14-7)17-6-9-5-10(11(15)16)18-8(9)2/h3-5H,6H2,1-2H3,(H,15,16). The van der Waals surface area contributed by atoms with Gasteiger partial charge in [-0.05, 0) is 31.5 Å². The first-order chi connectivity index (χ1) is 8.56. The molecule has 0 aliphatic rings. The van der Waals surface area contributed by atoms with Gasteiger partial charge >= 0.3 is 5.97 Å². The van der Waals surface area contributed by atoms with E-state index in [2.05, 4.69) is 9.97 Å². The van der Waals surface area contributed by atoms with Gasteiger partial charge in [-0.25, -0.2) is 14.8 Å². The fourth-order valence-electron chi connectivity index (χ4n) is 1.41. The molecule has 94 valence electrons. The summed E-state index contributed by atoms with van der Waals surface area (Å²) in [5.41, 5.74) is 1.97. The van der Waals surface area contributed by atoms with E-state index >= 15 is 0 Å². The van der Waals surface area contributed by atoms with Crippen LogP contribution in [0.15, 0.2) is 23.5 Å². The Balaban J connectivity index is 2.08. The van der Waals surface area contributed by atoms with Crippen LogP contribution in [0, 0.1) is 13.8 Å². The van der Waals surface area contributed by atoms with Crippen LogP contribution < -0.4 is 0 Å². The fraction of sp³-hybridized carbons (Fsp3) is 0.250. The summed E-state index contributed by atoms with van der Waals surface area (Å²) >= 11 is 2.83. The molecule has 2 aromatic rings. The summed E-state index contributed by atoms with van der Waals surface area (Å²) in [4.78, 5) is 20.7. The van der Waals surface area contributed by atoms with Crippen molar-refractivity contribution in [2.75, 3.05) is 0 Å². The van der Waals surface area contributed by atoms with Crippen LogP contribution in [-0.4, -0.2) is 21.0 Å². The molecule has 0 aliphatic carbocycles. The summed E-state index contributed by atoms with van der Waals surface area (Å²) in [6.07, 6.45) is 1.73. The Morgan fingerprint density at radius 1 is 1.50 bits per heavy atom. The van der Waals surface area contributed by atoms with Crippen LogP contribution >= 0.6 is 23.1 Å². The molecule has 6 heteroatoms. The largest absolute Gasteiger partial charge is 0.477 e. The van der Waals surface area contributed by atoms with E-state index in [1.165, 1.54) is 23.1 Å². The second kappa shape index (κ2) is 5.49. The minimum atomic E-state index is -0.869. The SMILES string of the molecule is Cc1ccnc(SCc2cc(C(=O)O)sc2C)n1. The predicted molar refractivity (Wildman–Crippen MR) is 72.3 cm³/mol. The normalized spacial score (nSPS) is 10.6. The van der Waals surface area contributed by atoms with Crippen molar-refractivity contribution in [3.8, 4) is 0 Å². The summed E-state index contributed by atoms with van der Waals surface area (Å²) in [5, 5.41) is 9.64. The van der Waals surface area contributed by atoms with Crippen molar-refractivity contribution in [2.45, 2.75) is 24.8 Å². The number of aryl methyl sites for hydroxylation is 2. The van der Waals surface area contributed by atoms with Gasteiger partial charge in [-0.15, -0.1) is 11.3 Å². The van der Waals surface area contributed by atoms with Crippen molar-refractivity contribution < 1.29 is 9.90 Å². The number of nitrogens with zero attached hydrogens (tertiary/aromatic N) is 2. The molecule has 0 aromatic carbocycles. The minimum Gasteiger partial charge on any atom is -0.477 e. The number of rotatable bonds is 4. The molecule has 0 fully saturated rings. The van der Waals surface area contributed by atoms with Gasteiger partial charge in [-0.2, -0.15) is 0 Å². The molecule has 2 aromatic heterocycles. The van der Waals surface area contributed by atoms with E-state index in [0.29, 0.717) is 10.6 Å². The average molecular weight is 280 g/mol. The highest BCUT2D eigenvalue weighted by molar-refractivity contribution is 7.98. The third-order valence-electron chi connectivity index (χ3n) is 2.36. The molecule has 2 rings (SSSR count). The van der Waals surface area contributed by atoms with Gasteiger partial charge in [0.15, 0.2) is 5.16 Å². The second-order valence-electron chi connectivity index (χ2n) is 3.77. The zero-order chi connectivity index (χ0) is 13.1. The van der Waals surface area contributed by atoms with Crippen molar-refractivity contribution in [2.24, 2.45) is 0 Å². The van der Waals surface area contributed by atoms with E-state index in [0.717, 1.165) is 21.3 Å². The monoisotopic (exact) mass is 280 g/mol. The molecule has 0 unspecified atom stereocenters. The lowest BCUT2D eigenvalue weighted by Gasteiger charge is -2.00. The Kier molecular flexibility index (Phi) is 3.98. The zero-order valence-corrected chi connectivity index (χ0v) is 11.6. The topological polar surface area (TPSA) is 63.1 Å². The molecule has 0 amide bonds. The lowest BCUT2D eigenvalue weighted by molar-refractivity contribution is 0.0702. The van der Waals surface area contributed by atoms with Crippen LogP contribution in [0.4, 0.5) is 0 Å². The third-order valence-corrected chi connectivity index (χ3v) is 4.35. The molecule has 0 radical (unpaired) electrons. The van der Waals surface area contributed by atoms with Gasteiger partial charge in [-0.3, -0.25) is 0 Å². The van der Waals surface area contributed by atoms with E-state index in [4.69, 9.17) is 5.11 Å². The Labute approximate surface area is 113 Å². The van der Waals surface area contributed by atoms with Crippen molar-refractivity contribution in [1.82, 2.24) is 9.97 Å². The smallest absolute Gasteiger partial charge is 0.345 e. The van der Waals surface area contributed by atoms with Crippen LogP contribution in [0.2, 0.25) is 0 Å².